The van der Waals surface area contributed by atoms with E-state index in [0.717, 1.165) is 61.8 Å². The number of carboxylic acid groups (broad SMARTS) is 1. The van der Waals surface area contributed by atoms with Gasteiger partial charge in [-0.3, -0.25) is 4.90 Å². The quantitative estimate of drug-likeness (QED) is 0.299. The largest absolute Gasteiger partial charge is 0.489 e. The highest BCUT2D eigenvalue weighted by Gasteiger charge is 2.25. The van der Waals surface area contributed by atoms with Gasteiger partial charge in [0.15, 0.2) is 0 Å². The smallest absolute Gasteiger partial charge is 0.335 e. The Kier molecular flexibility index (Phi) is 7.60. The second kappa shape index (κ2) is 11.4. The van der Waals surface area contributed by atoms with E-state index in [1.165, 1.54) is 6.07 Å². The molecule has 0 amide bonds. The molecule has 0 aliphatic carbocycles. The van der Waals surface area contributed by atoms with Gasteiger partial charge in [0.25, 0.3) is 0 Å². The zero-order chi connectivity index (χ0) is 27.6. The van der Waals surface area contributed by atoms with Crippen molar-refractivity contribution in [3.8, 4) is 5.75 Å². The molecule has 2 aliphatic heterocycles. The fraction of sp³-hybridized carbons (Fsp3) is 0.333. The maximum Gasteiger partial charge on any atom is 0.335 e. The van der Waals surface area contributed by atoms with Crippen LogP contribution in [0.2, 0.25) is 5.02 Å². The third-order valence-corrected chi connectivity index (χ3v) is 7.82. The summed E-state index contributed by atoms with van der Waals surface area (Å²) in [6, 6.07) is 17.6. The van der Waals surface area contributed by atoms with Crippen molar-refractivity contribution in [1.29, 1.82) is 0 Å². The number of piperazine rings is 1. The number of fused-ring (bicyclic) bond motifs is 1. The summed E-state index contributed by atoms with van der Waals surface area (Å²) in [5, 5.41) is 9.85. The second-order valence-electron chi connectivity index (χ2n) is 10.2. The van der Waals surface area contributed by atoms with Crippen LogP contribution in [-0.2, 0) is 24.4 Å². The van der Waals surface area contributed by atoms with Crippen LogP contribution in [0.3, 0.4) is 0 Å². The first-order valence-electron chi connectivity index (χ1n) is 13.4. The van der Waals surface area contributed by atoms with E-state index in [2.05, 4.69) is 20.4 Å². The van der Waals surface area contributed by atoms with Crippen LogP contribution in [0.25, 0.3) is 11.0 Å². The molecule has 208 valence electrons. The summed E-state index contributed by atoms with van der Waals surface area (Å²) in [6.07, 6.45) is 1.13. The van der Waals surface area contributed by atoms with Crippen molar-refractivity contribution in [2.45, 2.75) is 32.2 Å². The molecule has 1 atom stereocenters. The highest BCUT2D eigenvalue weighted by atomic mass is 35.5. The van der Waals surface area contributed by atoms with Crippen LogP contribution in [0.1, 0.15) is 28.2 Å². The van der Waals surface area contributed by atoms with Crippen LogP contribution < -0.4 is 9.64 Å². The van der Waals surface area contributed by atoms with Gasteiger partial charge in [-0.15, -0.1) is 0 Å². The van der Waals surface area contributed by atoms with Crippen LogP contribution in [0.15, 0.2) is 60.7 Å². The van der Waals surface area contributed by atoms with Crippen molar-refractivity contribution in [3.63, 3.8) is 0 Å². The van der Waals surface area contributed by atoms with Gasteiger partial charge in [0, 0.05) is 55.1 Å². The van der Waals surface area contributed by atoms with Crippen molar-refractivity contribution in [3.05, 3.63) is 88.5 Å². The number of hydrogen-bond acceptors (Lipinski definition) is 6. The number of aromatic nitrogens is 2. The van der Waals surface area contributed by atoms with Gasteiger partial charge < -0.3 is 24.0 Å². The molecule has 0 spiro atoms. The van der Waals surface area contributed by atoms with Crippen molar-refractivity contribution in [2.75, 3.05) is 37.7 Å². The molecular formula is C30H30ClFN4O4. The monoisotopic (exact) mass is 564 g/mol. The summed E-state index contributed by atoms with van der Waals surface area (Å²) in [5.74, 6) is 0.280. The Morgan fingerprint density at radius 3 is 2.65 bits per heavy atom. The fourth-order valence-electron chi connectivity index (χ4n) is 5.20. The van der Waals surface area contributed by atoms with E-state index in [4.69, 9.17) is 26.1 Å². The Labute approximate surface area is 236 Å². The summed E-state index contributed by atoms with van der Waals surface area (Å²) >= 11 is 5.85. The van der Waals surface area contributed by atoms with Crippen LogP contribution in [0.5, 0.6) is 5.75 Å². The first-order valence-corrected chi connectivity index (χ1v) is 13.8. The van der Waals surface area contributed by atoms with Gasteiger partial charge in [-0.2, -0.15) is 0 Å². The zero-order valence-electron chi connectivity index (χ0n) is 21.9. The number of benzene rings is 3. The third kappa shape index (κ3) is 5.77. The molecular weight excluding hydrogens is 535 g/mol. The molecule has 3 heterocycles. The fourth-order valence-corrected chi connectivity index (χ4v) is 5.36. The topological polar surface area (TPSA) is 80.1 Å². The number of aromatic carboxylic acids is 1. The molecule has 6 rings (SSSR count). The lowest BCUT2D eigenvalue weighted by atomic mass is 10.1. The SMILES string of the molecule is O=C(O)c1ccc2nc(CN3CCN(c4cccc(OCc5ccc(Cl)cc5F)c4)CC3)n(CC3CCO3)c2c1. The number of carbonyl (C=O) groups is 1. The van der Waals surface area contributed by atoms with Gasteiger partial charge in [0.05, 0.1) is 35.8 Å². The van der Waals surface area contributed by atoms with Crippen LogP contribution in [0, 0.1) is 5.82 Å². The molecule has 0 radical (unpaired) electrons. The molecule has 1 N–H and O–H groups in total. The van der Waals surface area contributed by atoms with Crippen LogP contribution >= 0.6 is 11.6 Å². The van der Waals surface area contributed by atoms with Crippen molar-refractivity contribution < 1.29 is 23.8 Å². The highest BCUT2D eigenvalue weighted by molar-refractivity contribution is 6.30. The number of carboxylic acids is 1. The minimum absolute atomic E-state index is 0.126. The van der Waals surface area contributed by atoms with E-state index < -0.39 is 5.97 Å². The normalized spacial score (nSPS) is 17.6. The molecule has 8 nitrogen and oxygen atoms in total. The average molecular weight is 565 g/mol. The Bertz CT molecular complexity index is 1530. The van der Waals surface area contributed by atoms with E-state index in [1.807, 2.05) is 18.2 Å². The Morgan fingerprint density at radius 2 is 1.93 bits per heavy atom. The minimum Gasteiger partial charge on any atom is -0.489 e. The van der Waals surface area contributed by atoms with Crippen molar-refractivity contribution in [2.24, 2.45) is 0 Å². The van der Waals surface area contributed by atoms with E-state index in [1.54, 1.807) is 30.3 Å². The predicted molar refractivity (Wildman–Crippen MR) is 151 cm³/mol. The summed E-state index contributed by atoms with van der Waals surface area (Å²) in [7, 11) is 0. The molecule has 0 bridgehead atoms. The lowest BCUT2D eigenvalue weighted by Crippen LogP contribution is -2.46. The molecule has 1 aromatic heterocycles. The highest BCUT2D eigenvalue weighted by Crippen LogP contribution is 2.26. The zero-order valence-corrected chi connectivity index (χ0v) is 22.7. The van der Waals surface area contributed by atoms with E-state index >= 15 is 0 Å². The first kappa shape index (κ1) is 26.6. The first-order chi connectivity index (χ1) is 19.4. The lowest BCUT2D eigenvalue weighted by molar-refractivity contribution is -0.0592. The number of rotatable bonds is 9. The number of halogens is 2. The average Bonchev–Trinajstić information content (AvgIpc) is 3.26. The maximum atomic E-state index is 14.1. The molecule has 40 heavy (non-hydrogen) atoms. The Morgan fingerprint density at radius 1 is 1.10 bits per heavy atom. The molecule has 10 heteroatoms. The van der Waals surface area contributed by atoms with Crippen LogP contribution in [-0.4, -0.2) is 64.4 Å². The minimum atomic E-state index is -0.946. The van der Waals surface area contributed by atoms with E-state index in [0.29, 0.717) is 29.4 Å². The van der Waals surface area contributed by atoms with Gasteiger partial charge in [-0.1, -0.05) is 23.7 Å². The van der Waals surface area contributed by atoms with Crippen molar-refractivity contribution in [1.82, 2.24) is 14.5 Å². The predicted octanol–water partition coefficient (Wildman–Crippen LogP) is 5.22. The second-order valence-corrected chi connectivity index (χ2v) is 10.7. The number of ether oxygens (including phenoxy) is 2. The number of anilines is 1. The van der Waals surface area contributed by atoms with Gasteiger partial charge >= 0.3 is 5.97 Å². The number of nitrogens with zero attached hydrogens (tertiary/aromatic N) is 4. The molecule has 2 fully saturated rings. The standard InChI is InChI=1S/C30H30ClFN4O4/c31-22-6-4-21(26(32)15-22)19-40-24-3-1-2-23(16-24)35-11-9-34(10-12-35)18-29-33-27-7-5-20(30(37)38)14-28(27)36(29)17-25-8-13-39-25/h1-7,14-16,25H,8-13,17-19H2,(H,37,38). The van der Waals surface area contributed by atoms with Gasteiger partial charge in [0.2, 0.25) is 0 Å². The summed E-state index contributed by atoms with van der Waals surface area (Å²) in [6.45, 7) is 5.61. The lowest BCUT2D eigenvalue weighted by Gasteiger charge is -2.36. The van der Waals surface area contributed by atoms with Crippen molar-refractivity contribution >= 4 is 34.3 Å². The molecule has 2 saturated heterocycles. The number of imidazole rings is 1. The molecule has 2 aliphatic rings. The molecule has 4 aromatic rings. The van der Waals surface area contributed by atoms with E-state index in [-0.39, 0.29) is 24.1 Å². The summed E-state index contributed by atoms with van der Waals surface area (Å²) in [5.41, 5.74) is 3.40. The number of hydrogen-bond donors (Lipinski definition) is 1. The molecule has 0 saturated carbocycles. The van der Waals surface area contributed by atoms with E-state index in [9.17, 15) is 14.3 Å². The van der Waals surface area contributed by atoms with Gasteiger partial charge in [-0.05, 0) is 48.9 Å². The Hall–Kier alpha value is -3.66. The third-order valence-electron chi connectivity index (χ3n) is 7.58. The molecule has 1 unspecified atom stereocenters. The summed E-state index contributed by atoms with van der Waals surface area (Å²) < 4.78 is 27.8. The summed E-state index contributed by atoms with van der Waals surface area (Å²) in [4.78, 5) is 21.1. The van der Waals surface area contributed by atoms with Gasteiger partial charge in [0.1, 0.15) is 24.0 Å². The maximum absolute atomic E-state index is 14.1. The van der Waals surface area contributed by atoms with Gasteiger partial charge in [-0.25, -0.2) is 14.2 Å². The van der Waals surface area contributed by atoms with Crippen LogP contribution in [0.4, 0.5) is 10.1 Å². The Balaban J connectivity index is 1.11. The molecule has 3 aromatic carbocycles.